The third-order valence-corrected chi connectivity index (χ3v) is 3.53. The van der Waals surface area contributed by atoms with Crippen molar-refractivity contribution in [1.82, 2.24) is 5.32 Å². The fourth-order valence-electron chi connectivity index (χ4n) is 2.46. The van der Waals surface area contributed by atoms with E-state index in [9.17, 15) is 4.79 Å². The van der Waals surface area contributed by atoms with Crippen LogP contribution in [0, 0.1) is 0 Å². The first-order valence-corrected chi connectivity index (χ1v) is 6.95. The topological polar surface area (TPSA) is 45.5 Å². The molecule has 0 saturated carbocycles. The van der Waals surface area contributed by atoms with E-state index < -0.39 is 0 Å². The van der Waals surface area contributed by atoms with Gasteiger partial charge in [-0.05, 0) is 36.2 Å². The van der Waals surface area contributed by atoms with Crippen LogP contribution in [0.15, 0.2) is 47.1 Å². The Morgan fingerprint density at radius 2 is 2.00 bits per heavy atom. The second-order valence-electron chi connectivity index (χ2n) is 5.00. The van der Waals surface area contributed by atoms with Crippen LogP contribution in [0.2, 0.25) is 0 Å². The number of hydrogen-bond acceptors (Lipinski definition) is 3. The van der Waals surface area contributed by atoms with Gasteiger partial charge in [-0.1, -0.05) is 12.1 Å². The highest BCUT2D eigenvalue weighted by molar-refractivity contribution is 5.95. The van der Waals surface area contributed by atoms with E-state index in [1.165, 1.54) is 5.56 Å². The van der Waals surface area contributed by atoms with Crippen molar-refractivity contribution in [1.29, 1.82) is 0 Å². The Balaban J connectivity index is 1.54. The van der Waals surface area contributed by atoms with Crippen molar-refractivity contribution in [3.05, 3.63) is 54.0 Å². The number of anilines is 1. The second kappa shape index (κ2) is 5.92. The zero-order valence-corrected chi connectivity index (χ0v) is 11.3. The van der Waals surface area contributed by atoms with Crippen molar-refractivity contribution in [2.24, 2.45) is 0 Å². The molecule has 20 heavy (non-hydrogen) atoms. The van der Waals surface area contributed by atoms with Crippen LogP contribution in [0.4, 0.5) is 5.69 Å². The zero-order valence-electron chi connectivity index (χ0n) is 11.3. The Morgan fingerprint density at radius 1 is 1.15 bits per heavy atom. The van der Waals surface area contributed by atoms with E-state index in [0.29, 0.717) is 6.42 Å². The maximum atomic E-state index is 11.7. The molecule has 1 aromatic heterocycles. The number of carbonyl (C=O) groups is 1. The van der Waals surface area contributed by atoms with Gasteiger partial charge in [0, 0.05) is 25.2 Å². The second-order valence-corrected chi connectivity index (χ2v) is 5.00. The number of amides is 1. The molecule has 0 unspecified atom stereocenters. The first kappa shape index (κ1) is 12.9. The lowest BCUT2D eigenvalue weighted by molar-refractivity contribution is -0.117. The lowest BCUT2D eigenvalue weighted by Gasteiger charge is -2.16. The molecule has 0 atom stereocenters. The van der Waals surface area contributed by atoms with Gasteiger partial charge >= 0.3 is 0 Å². The summed E-state index contributed by atoms with van der Waals surface area (Å²) in [7, 11) is 0. The van der Waals surface area contributed by atoms with Gasteiger partial charge in [-0.3, -0.25) is 4.79 Å². The predicted octanol–water partition coefficient (Wildman–Crippen LogP) is 2.70. The molecule has 1 aliphatic rings. The lowest BCUT2D eigenvalue weighted by Crippen LogP contribution is -2.23. The number of rotatable bonds is 5. The molecule has 1 fully saturated rings. The molecule has 1 aromatic carbocycles. The summed E-state index contributed by atoms with van der Waals surface area (Å²) in [5.74, 6) is 1.16. The van der Waals surface area contributed by atoms with Gasteiger partial charge in [0.15, 0.2) is 0 Å². The lowest BCUT2D eigenvalue weighted by atomic mass is 10.2. The van der Waals surface area contributed by atoms with E-state index in [4.69, 9.17) is 4.42 Å². The zero-order chi connectivity index (χ0) is 13.8. The highest BCUT2D eigenvalue weighted by Gasteiger charge is 2.21. The summed E-state index contributed by atoms with van der Waals surface area (Å²) in [5, 5.41) is 3.33. The summed E-state index contributed by atoms with van der Waals surface area (Å²) < 4.78 is 5.26. The van der Waals surface area contributed by atoms with E-state index in [1.807, 2.05) is 29.2 Å². The molecule has 1 N–H and O–H groups in total. The van der Waals surface area contributed by atoms with Crippen LogP contribution in [-0.4, -0.2) is 12.5 Å². The van der Waals surface area contributed by atoms with Crippen LogP contribution in [0.25, 0.3) is 0 Å². The smallest absolute Gasteiger partial charge is 0.227 e. The van der Waals surface area contributed by atoms with Crippen molar-refractivity contribution in [2.75, 3.05) is 11.4 Å². The summed E-state index contributed by atoms with van der Waals surface area (Å²) in [6.07, 6.45) is 3.32. The largest absolute Gasteiger partial charge is 0.468 e. The normalized spacial score (nSPS) is 15.0. The van der Waals surface area contributed by atoms with Crippen molar-refractivity contribution >= 4 is 11.6 Å². The Morgan fingerprint density at radius 3 is 2.65 bits per heavy atom. The van der Waals surface area contributed by atoms with E-state index in [0.717, 1.165) is 37.5 Å². The molecule has 0 radical (unpaired) electrons. The van der Waals surface area contributed by atoms with Crippen molar-refractivity contribution < 1.29 is 9.21 Å². The summed E-state index contributed by atoms with van der Waals surface area (Å²) in [6.45, 7) is 2.35. The van der Waals surface area contributed by atoms with Gasteiger partial charge in [0.25, 0.3) is 0 Å². The van der Waals surface area contributed by atoms with Crippen molar-refractivity contribution in [2.45, 2.75) is 25.9 Å². The molecule has 4 heteroatoms. The summed E-state index contributed by atoms with van der Waals surface area (Å²) >= 11 is 0. The minimum Gasteiger partial charge on any atom is -0.468 e. The molecule has 4 nitrogen and oxygen atoms in total. The number of furan rings is 1. The Kier molecular flexibility index (Phi) is 3.83. The van der Waals surface area contributed by atoms with Gasteiger partial charge in [-0.15, -0.1) is 0 Å². The van der Waals surface area contributed by atoms with Crippen LogP contribution in [0.5, 0.6) is 0 Å². The molecule has 0 bridgehead atoms. The number of nitrogens with zero attached hydrogens (tertiary/aromatic N) is 1. The van der Waals surface area contributed by atoms with Crippen LogP contribution >= 0.6 is 0 Å². The third kappa shape index (κ3) is 2.91. The van der Waals surface area contributed by atoms with Crippen molar-refractivity contribution in [3.8, 4) is 0 Å². The van der Waals surface area contributed by atoms with Gasteiger partial charge in [0.05, 0.1) is 12.8 Å². The molecule has 3 rings (SSSR count). The average Bonchev–Trinajstić information content (AvgIpc) is 3.11. The monoisotopic (exact) mass is 270 g/mol. The van der Waals surface area contributed by atoms with E-state index in [2.05, 4.69) is 17.4 Å². The van der Waals surface area contributed by atoms with Gasteiger partial charge in [0.2, 0.25) is 5.91 Å². The fraction of sp³-hybridized carbons (Fsp3) is 0.312. The molecule has 1 amide bonds. The minimum atomic E-state index is 0.230. The minimum absolute atomic E-state index is 0.230. The molecule has 1 aliphatic heterocycles. The van der Waals surface area contributed by atoms with E-state index in [1.54, 1.807) is 6.26 Å². The van der Waals surface area contributed by atoms with Crippen LogP contribution < -0.4 is 10.2 Å². The van der Waals surface area contributed by atoms with Gasteiger partial charge in [0.1, 0.15) is 5.76 Å². The van der Waals surface area contributed by atoms with Crippen LogP contribution in [-0.2, 0) is 17.9 Å². The van der Waals surface area contributed by atoms with Crippen molar-refractivity contribution in [3.63, 3.8) is 0 Å². The molecule has 1 saturated heterocycles. The van der Waals surface area contributed by atoms with Gasteiger partial charge in [-0.25, -0.2) is 0 Å². The standard InChI is InChI=1S/C16H18N2O2/c19-16-4-1-9-18(16)14-7-5-13(6-8-14)11-17-12-15-3-2-10-20-15/h2-3,5-8,10,17H,1,4,9,11-12H2. The molecular weight excluding hydrogens is 252 g/mol. The SMILES string of the molecule is O=C1CCCN1c1ccc(CNCc2ccco2)cc1. The Labute approximate surface area is 118 Å². The molecule has 0 aliphatic carbocycles. The number of benzene rings is 1. The van der Waals surface area contributed by atoms with Gasteiger partial charge < -0.3 is 14.6 Å². The summed E-state index contributed by atoms with van der Waals surface area (Å²) in [5.41, 5.74) is 2.20. The third-order valence-electron chi connectivity index (χ3n) is 3.53. The quantitative estimate of drug-likeness (QED) is 0.908. The molecule has 2 aromatic rings. The molecule has 2 heterocycles. The number of nitrogens with one attached hydrogen (secondary N) is 1. The highest BCUT2D eigenvalue weighted by atomic mass is 16.3. The average molecular weight is 270 g/mol. The number of carbonyl (C=O) groups excluding carboxylic acids is 1. The van der Waals surface area contributed by atoms with Gasteiger partial charge in [-0.2, -0.15) is 0 Å². The fourth-order valence-corrected chi connectivity index (χ4v) is 2.46. The molecule has 104 valence electrons. The maximum Gasteiger partial charge on any atom is 0.227 e. The molecular formula is C16H18N2O2. The number of hydrogen-bond donors (Lipinski definition) is 1. The van der Waals surface area contributed by atoms with Crippen LogP contribution in [0.3, 0.4) is 0 Å². The van der Waals surface area contributed by atoms with E-state index >= 15 is 0 Å². The summed E-state index contributed by atoms with van der Waals surface area (Å²) in [4.78, 5) is 13.5. The first-order valence-electron chi connectivity index (χ1n) is 6.95. The van der Waals surface area contributed by atoms with E-state index in [-0.39, 0.29) is 5.91 Å². The predicted molar refractivity (Wildman–Crippen MR) is 77.3 cm³/mol. The summed E-state index contributed by atoms with van der Waals surface area (Å²) in [6, 6.07) is 12.0. The van der Waals surface area contributed by atoms with Crippen LogP contribution in [0.1, 0.15) is 24.2 Å². The first-order chi connectivity index (χ1) is 9.83. The maximum absolute atomic E-state index is 11.7. The Hall–Kier alpha value is -2.07. The highest BCUT2D eigenvalue weighted by Crippen LogP contribution is 2.21. The Bertz CT molecular complexity index is 561. The molecule has 0 spiro atoms.